The van der Waals surface area contributed by atoms with Crippen LogP contribution in [0.2, 0.25) is 0 Å². The van der Waals surface area contributed by atoms with Gasteiger partial charge in [0.1, 0.15) is 0 Å². The molecule has 1 aromatic heterocycles. The van der Waals surface area contributed by atoms with Gasteiger partial charge in [0.25, 0.3) is 0 Å². The van der Waals surface area contributed by atoms with Gasteiger partial charge in [-0.15, -0.1) is 0 Å². The molecule has 0 saturated carbocycles. The van der Waals surface area contributed by atoms with Crippen LogP contribution in [0.25, 0.3) is 0 Å². The average molecular weight is 244 g/mol. The lowest BCUT2D eigenvalue weighted by atomic mass is 9.98. The largest absolute Gasteiger partial charge is 0.330 e. The topological polar surface area (TPSA) is 83.8 Å². The monoisotopic (exact) mass is 244 g/mol. The molecule has 1 atom stereocenters. The predicted molar refractivity (Wildman–Crippen MR) is 69.9 cm³/mol. The number of carbonyl (C=O) groups is 1. The Labute approximate surface area is 105 Å². The highest BCUT2D eigenvalue weighted by Gasteiger charge is 2.17. The Balaban J connectivity index is 1.98. The average Bonchev–Trinajstić information content (AvgIpc) is 2.90. The number of amides is 1. The molecule has 5 nitrogen and oxygen atoms in total. The van der Waals surface area contributed by atoms with E-state index in [0.717, 1.165) is 5.56 Å². The van der Waals surface area contributed by atoms with Gasteiger partial charge < -0.3 is 11.1 Å². The molecular weight excluding hydrogens is 228 g/mol. The summed E-state index contributed by atoms with van der Waals surface area (Å²) >= 11 is 0. The van der Waals surface area contributed by atoms with Crippen LogP contribution in [0.15, 0.2) is 42.7 Å². The number of H-pyrrole nitrogens is 1. The van der Waals surface area contributed by atoms with E-state index >= 15 is 0 Å². The number of nitrogens with two attached hydrogens (primary N) is 1. The first kappa shape index (κ1) is 12.3. The van der Waals surface area contributed by atoms with Gasteiger partial charge >= 0.3 is 0 Å². The maximum atomic E-state index is 12.0. The third-order valence-electron chi connectivity index (χ3n) is 2.75. The van der Waals surface area contributed by atoms with Gasteiger partial charge in [0.2, 0.25) is 5.91 Å². The SMILES string of the molecule is NCC(Cc1ccccc1)C(=O)Nc1cn[nH]c1. The zero-order chi connectivity index (χ0) is 12.8. The van der Waals surface area contributed by atoms with Crippen molar-refractivity contribution >= 4 is 11.6 Å². The maximum Gasteiger partial charge on any atom is 0.229 e. The predicted octanol–water partition coefficient (Wildman–Crippen LogP) is 1.17. The van der Waals surface area contributed by atoms with E-state index in [4.69, 9.17) is 5.73 Å². The van der Waals surface area contributed by atoms with Crippen molar-refractivity contribution in [1.29, 1.82) is 0 Å². The van der Waals surface area contributed by atoms with Crippen molar-refractivity contribution in [2.45, 2.75) is 6.42 Å². The normalized spacial score (nSPS) is 12.1. The van der Waals surface area contributed by atoms with Crippen LogP contribution in [0.3, 0.4) is 0 Å². The Morgan fingerprint density at radius 1 is 1.39 bits per heavy atom. The number of rotatable bonds is 5. The van der Waals surface area contributed by atoms with Gasteiger partial charge in [0.15, 0.2) is 0 Å². The van der Waals surface area contributed by atoms with Crippen molar-refractivity contribution in [3.05, 3.63) is 48.3 Å². The van der Waals surface area contributed by atoms with Crippen LogP contribution in [0, 0.1) is 5.92 Å². The number of nitrogens with one attached hydrogen (secondary N) is 2. The van der Waals surface area contributed by atoms with E-state index in [9.17, 15) is 4.79 Å². The van der Waals surface area contributed by atoms with Crippen molar-refractivity contribution in [1.82, 2.24) is 10.2 Å². The molecule has 2 rings (SSSR count). The highest BCUT2D eigenvalue weighted by atomic mass is 16.1. The zero-order valence-corrected chi connectivity index (χ0v) is 9.97. The first-order valence-electron chi connectivity index (χ1n) is 5.83. The lowest BCUT2D eigenvalue weighted by Crippen LogP contribution is -2.30. The molecular formula is C13H16N4O. The smallest absolute Gasteiger partial charge is 0.229 e. The maximum absolute atomic E-state index is 12.0. The number of aromatic nitrogens is 2. The molecule has 0 radical (unpaired) electrons. The summed E-state index contributed by atoms with van der Waals surface area (Å²) in [5.74, 6) is -0.315. The van der Waals surface area contributed by atoms with Gasteiger partial charge in [0, 0.05) is 12.7 Å². The van der Waals surface area contributed by atoms with Crippen LogP contribution in [0.1, 0.15) is 5.56 Å². The molecule has 94 valence electrons. The third kappa shape index (κ3) is 3.18. The number of nitrogens with zero attached hydrogens (tertiary/aromatic N) is 1. The molecule has 0 aliphatic rings. The lowest BCUT2D eigenvalue weighted by Gasteiger charge is -2.14. The van der Waals surface area contributed by atoms with E-state index in [1.807, 2.05) is 30.3 Å². The number of anilines is 1. The van der Waals surface area contributed by atoms with E-state index in [0.29, 0.717) is 18.7 Å². The molecule has 1 heterocycles. The lowest BCUT2D eigenvalue weighted by molar-refractivity contribution is -0.119. The van der Waals surface area contributed by atoms with E-state index < -0.39 is 0 Å². The molecule has 0 fully saturated rings. The van der Waals surface area contributed by atoms with Crippen molar-refractivity contribution in [3.63, 3.8) is 0 Å². The molecule has 2 aromatic rings. The van der Waals surface area contributed by atoms with Crippen molar-refractivity contribution < 1.29 is 4.79 Å². The highest BCUT2D eigenvalue weighted by molar-refractivity contribution is 5.92. The van der Waals surface area contributed by atoms with Crippen LogP contribution in [0.5, 0.6) is 0 Å². The van der Waals surface area contributed by atoms with Gasteiger partial charge in [-0.05, 0) is 12.0 Å². The fourth-order valence-corrected chi connectivity index (χ4v) is 1.75. The fourth-order valence-electron chi connectivity index (χ4n) is 1.75. The summed E-state index contributed by atoms with van der Waals surface area (Å²) in [7, 11) is 0. The number of benzene rings is 1. The number of hydrogen-bond acceptors (Lipinski definition) is 3. The second-order valence-electron chi connectivity index (χ2n) is 4.10. The van der Waals surface area contributed by atoms with Gasteiger partial charge in [-0.2, -0.15) is 5.10 Å². The summed E-state index contributed by atoms with van der Waals surface area (Å²) < 4.78 is 0. The Bertz CT molecular complexity index is 481. The standard InChI is InChI=1S/C13H16N4O/c14-7-11(6-10-4-2-1-3-5-10)13(18)17-12-8-15-16-9-12/h1-5,8-9,11H,6-7,14H2,(H,15,16)(H,17,18). The molecule has 0 aliphatic carbocycles. The Hall–Kier alpha value is -2.14. The van der Waals surface area contributed by atoms with Crippen LogP contribution >= 0.6 is 0 Å². The van der Waals surface area contributed by atoms with E-state index in [1.54, 1.807) is 12.4 Å². The summed E-state index contributed by atoms with van der Waals surface area (Å²) in [6, 6.07) is 9.85. The molecule has 1 amide bonds. The number of hydrogen-bond donors (Lipinski definition) is 3. The van der Waals surface area contributed by atoms with Gasteiger partial charge in [-0.25, -0.2) is 0 Å². The molecule has 0 bridgehead atoms. The molecule has 0 aliphatic heterocycles. The van der Waals surface area contributed by atoms with Crippen molar-refractivity contribution in [2.24, 2.45) is 11.7 Å². The summed E-state index contributed by atoms with van der Waals surface area (Å²) in [6.07, 6.45) is 3.84. The minimum absolute atomic E-state index is 0.0808. The van der Waals surface area contributed by atoms with Crippen LogP contribution < -0.4 is 11.1 Å². The molecule has 0 spiro atoms. The van der Waals surface area contributed by atoms with E-state index in [2.05, 4.69) is 15.5 Å². The van der Waals surface area contributed by atoms with Crippen LogP contribution in [-0.2, 0) is 11.2 Å². The number of aromatic amines is 1. The second-order valence-corrected chi connectivity index (χ2v) is 4.10. The second kappa shape index (κ2) is 5.97. The van der Waals surface area contributed by atoms with Gasteiger partial charge in [0.05, 0.1) is 17.8 Å². The minimum Gasteiger partial charge on any atom is -0.330 e. The third-order valence-corrected chi connectivity index (χ3v) is 2.75. The van der Waals surface area contributed by atoms with Gasteiger partial charge in [-0.3, -0.25) is 9.89 Å². The van der Waals surface area contributed by atoms with Crippen molar-refractivity contribution in [2.75, 3.05) is 11.9 Å². The number of carbonyl (C=O) groups excluding carboxylic acids is 1. The van der Waals surface area contributed by atoms with Crippen molar-refractivity contribution in [3.8, 4) is 0 Å². The highest BCUT2D eigenvalue weighted by Crippen LogP contribution is 2.11. The Kier molecular flexibility index (Phi) is 4.09. The first-order valence-corrected chi connectivity index (χ1v) is 5.83. The van der Waals surface area contributed by atoms with E-state index in [1.165, 1.54) is 0 Å². The summed E-state index contributed by atoms with van der Waals surface area (Å²) in [5.41, 5.74) is 7.43. The van der Waals surface area contributed by atoms with Crippen LogP contribution in [-0.4, -0.2) is 22.6 Å². The minimum atomic E-state index is -0.234. The summed E-state index contributed by atoms with van der Waals surface area (Å²) in [4.78, 5) is 12.0. The van der Waals surface area contributed by atoms with Crippen LogP contribution in [0.4, 0.5) is 5.69 Å². The zero-order valence-electron chi connectivity index (χ0n) is 9.97. The van der Waals surface area contributed by atoms with Gasteiger partial charge in [-0.1, -0.05) is 30.3 Å². The Morgan fingerprint density at radius 2 is 2.17 bits per heavy atom. The molecule has 4 N–H and O–H groups in total. The molecule has 1 aromatic carbocycles. The fraction of sp³-hybridized carbons (Fsp3) is 0.231. The summed E-state index contributed by atoms with van der Waals surface area (Å²) in [5, 5.41) is 9.20. The Morgan fingerprint density at radius 3 is 2.78 bits per heavy atom. The first-order chi connectivity index (χ1) is 8.79. The molecule has 18 heavy (non-hydrogen) atoms. The molecule has 0 saturated heterocycles. The van der Waals surface area contributed by atoms with E-state index in [-0.39, 0.29) is 11.8 Å². The summed E-state index contributed by atoms with van der Waals surface area (Å²) in [6.45, 7) is 0.318. The molecule has 5 heteroatoms. The quantitative estimate of drug-likeness (QED) is 0.738. The molecule has 1 unspecified atom stereocenters.